The molecule has 1 fully saturated rings. The highest BCUT2D eigenvalue weighted by atomic mass is 35.5. The molecule has 0 aliphatic carbocycles. The Morgan fingerprint density at radius 3 is 2.71 bits per heavy atom. The maximum Gasteiger partial charge on any atom is 0.133 e. The number of fused-ring (bicyclic) bond motifs is 1. The van der Waals surface area contributed by atoms with Gasteiger partial charge in [0.15, 0.2) is 0 Å². The molecule has 4 heteroatoms. The Balaban J connectivity index is 2.03. The van der Waals surface area contributed by atoms with Crippen molar-refractivity contribution in [1.29, 1.82) is 0 Å². The minimum atomic E-state index is 0.148. The van der Waals surface area contributed by atoms with Gasteiger partial charge in [-0.3, -0.25) is 4.90 Å². The number of hydrogen-bond acceptors (Lipinski definition) is 3. The van der Waals surface area contributed by atoms with E-state index < -0.39 is 0 Å². The molecule has 0 unspecified atom stereocenters. The molecule has 0 radical (unpaired) electrons. The van der Waals surface area contributed by atoms with Crippen LogP contribution in [0.2, 0.25) is 0 Å². The van der Waals surface area contributed by atoms with Crippen LogP contribution in [0.15, 0.2) is 30.3 Å². The number of piperazine rings is 1. The van der Waals surface area contributed by atoms with Gasteiger partial charge < -0.3 is 4.90 Å². The van der Waals surface area contributed by atoms with Crippen molar-refractivity contribution in [3.63, 3.8) is 0 Å². The zero-order valence-electron chi connectivity index (χ0n) is 12.9. The Bertz CT molecular complexity index is 654. The number of hydrogen-bond donors (Lipinski definition) is 0. The third-order valence-corrected chi connectivity index (χ3v) is 4.83. The number of likely N-dealkylation sites (N-methyl/N-ethyl adjacent to an activating group) is 1. The molecule has 112 valence electrons. The van der Waals surface area contributed by atoms with Gasteiger partial charge in [0.2, 0.25) is 0 Å². The molecular weight excluding hydrogens is 282 g/mol. The van der Waals surface area contributed by atoms with Gasteiger partial charge in [0.25, 0.3) is 0 Å². The summed E-state index contributed by atoms with van der Waals surface area (Å²) in [5, 5.41) is 1.16. The monoisotopic (exact) mass is 303 g/mol. The molecule has 3 nitrogen and oxygen atoms in total. The van der Waals surface area contributed by atoms with Gasteiger partial charge in [-0.15, -0.1) is 11.6 Å². The van der Waals surface area contributed by atoms with Crippen LogP contribution in [0.4, 0.5) is 5.82 Å². The summed E-state index contributed by atoms with van der Waals surface area (Å²) in [4.78, 5) is 9.67. The second-order valence-electron chi connectivity index (χ2n) is 6.45. The second kappa shape index (κ2) is 5.47. The van der Waals surface area contributed by atoms with Crippen molar-refractivity contribution in [2.75, 3.05) is 31.6 Å². The number of pyridine rings is 1. The van der Waals surface area contributed by atoms with Gasteiger partial charge in [-0.2, -0.15) is 0 Å². The van der Waals surface area contributed by atoms with Gasteiger partial charge in [0, 0.05) is 36.1 Å². The zero-order valence-corrected chi connectivity index (χ0v) is 13.7. The molecule has 1 aliphatic rings. The Hall–Kier alpha value is -1.32. The van der Waals surface area contributed by atoms with Crippen LogP contribution in [-0.4, -0.2) is 42.1 Å². The first-order chi connectivity index (χ1) is 10.0. The smallest absolute Gasteiger partial charge is 0.133 e. The van der Waals surface area contributed by atoms with E-state index in [-0.39, 0.29) is 5.54 Å². The number of anilines is 1. The number of rotatable bonds is 2. The molecule has 2 aromatic rings. The van der Waals surface area contributed by atoms with E-state index in [9.17, 15) is 0 Å². The SMILES string of the molecule is CN1CCN(c2nc3ccccc3cc2CCl)CC1(C)C. The summed E-state index contributed by atoms with van der Waals surface area (Å²) >= 11 is 6.17. The molecule has 1 aromatic heterocycles. The van der Waals surface area contributed by atoms with Crippen molar-refractivity contribution < 1.29 is 0 Å². The lowest BCUT2D eigenvalue weighted by molar-refractivity contribution is 0.138. The quantitative estimate of drug-likeness (QED) is 0.792. The van der Waals surface area contributed by atoms with Gasteiger partial charge in [-0.1, -0.05) is 18.2 Å². The molecule has 1 aromatic carbocycles. The number of alkyl halides is 1. The van der Waals surface area contributed by atoms with Crippen LogP contribution in [0.3, 0.4) is 0 Å². The third kappa shape index (κ3) is 2.72. The van der Waals surface area contributed by atoms with Crippen LogP contribution in [0, 0.1) is 0 Å². The van der Waals surface area contributed by atoms with Crippen molar-refractivity contribution in [2.24, 2.45) is 0 Å². The van der Waals surface area contributed by atoms with E-state index in [1.807, 2.05) is 12.1 Å². The van der Waals surface area contributed by atoms with E-state index in [1.54, 1.807) is 0 Å². The van der Waals surface area contributed by atoms with Crippen LogP contribution in [-0.2, 0) is 5.88 Å². The predicted octanol–water partition coefficient (Wildman–Crippen LogP) is 3.50. The van der Waals surface area contributed by atoms with Crippen molar-refractivity contribution >= 4 is 28.3 Å². The third-order valence-electron chi connectivity index (χ3n) is 4.54. The Kier molecular flexibility index (Phi) is 3.80. The molecule has 21 heavy (non-hydrogen) atoms. The largest absolute Gasteiger partial charge is 0.353 e. The summed E-state index contributed by atoms with van der Waals surface area (Å²) < 4.78 is 0. The number of benzene rings is 1. The van der Waals surface area contributed by atoms with Crippen LogP contribution in [0.1, 0.15) is 19.4 Å². The fourth-order valence-electron chi connectivity index (χ4n) is 2.94. The first-order valence-corrected chi connectivity index (χ1v) is 7.95. The van der Waals surface area contributed by atoms with Gasteiger partial charge in [-0.25, -0.2) is 4.98 Å². The standard InChI is InChI=1S/C17H22ClN3/c1-17(2)12-21(9-8-20(17)3)16-14(11-18)10-13-6-4-5-7-15(13)19-16/h4-7,10H,8-9,11-12H2,1-3H3. The van der Waals surface area contributed by atoms with Gasteiger partial charge >= 0.3 is 0 Å². The predicted molar refractivity (Wildman–Crippen MR) is 90.2 cm³/mol. The van der Waals surface area contributed by atoms with E-state index >= 15 is 0 Å². The number of aromatic nitrogens is 1. The summed E-state index contributed by atoms with van der Waals surface area (Å²) in [6.07, 6.45) is 0. The van der Waals surface area contributed by atoms with Crippen molar-refractivity contribution in [1.82, 2.24) is 9.88 Å². The molecule has 0 spiro atoms. The van der Waals surface area contributed by atoms with E-state index in [0.717, 1.165) is 41.9 Å². The second-order valence-corrected chi connectivity index (χ2v) is 6.72. The summed E-state index contributed by atoms with van der Waals surface area (Å²) in [7, 11) is 2.19. The van der Waals surface area contributed by atoms with Crippen LogP contribution in [0.25, 0.3) is 10.9 Å². The summed E-state index contributed by atoms with van der Waals surface area (Å²) in [6, 6.07) is 10.4. The van der Waals surface area contributed by atoms with Crippen molar-refractivity contribution in [2.45, 2.75) is 25.3 Å². The van der Waals surface area contributed by atoms with Gasteiger partial charge in [0.1, 0.15) is 5.82 Å². The Morgan fingerprint density at radius 1 is 1.24 bits per heavy atom. The lowest BCUT2D eigenvalue weighted by Crippen LogP contribution is -2.58. The minimum Gasteiger partial charge on any atom is -0.353 e. The Morgan fingerprint density at radius 2 is 2.00 bits per heavy atom. The molecular formula is C17H22ClN3. The summed E-state index contributed by atoms with van der Waals surface area (Å²) in [5.74, 6) is 1.55. The van der Waals surface area contributed by atoms with Crippen molar-refractivity contribution in [3.8, 4) is 0 Å². The highest BCUT2D eigenvalue weighted by Gasteiger charge is 2.32. The van der Waals surface area contributed by atoms with E-state index in [4.69, 9.17) is 16.6 Å². The topological polar surface area (TPSA) is 19.4 Å². The molecule has 0 atom stereocenters. The molecule has 0 N–H and O–H groups in total. The van der Waals surface area contributed by atoms with E-state index in [1.165, 1.54) is 0 Å². The highest BCUT2D eigenvalue weighted by molar-refractivity contribution is 6.17. The number of nitrogens with zero attached hydrogens (tertiary/aromatic N) is 3. The van der Waals surface area contributed by atoms with Crippen LogP contribution < -0.4 is 4.90 Å². The minimum absolute atomic E-state index is 0.148. The highest BCUT2D eigenvalue weighted by Crippen LogP contribution is 2.29. The molecule has 0 saturated carbocycles. The van der Waals surface area contributed by atoms with Gasteiger partial charge in [-0.05, 0) is 33.0 Å². The molecule has 2 heterocycles. The Labute approximate surface area is 131 Å². The first-order valence-electron chi connectivity index (χ1n) is 7.42. The van der Waals surface area contributed by atoms with Crippen LogP contribution >= 0.6 is 11.6 Å². The molecule has 0 bridgehead atoms. The van der Waals surface area contributed by atoms with Crippen LogP contribution in [0.5, 0.6) is 0 Å². The van der Waals surface area contributed by atoms with Crippen molar-refractivity contribution in [3.05, 3.63) is 35.9 Å². The fourth-order valence-corrected chi connectivity index (χ4v) is 3.14. The molecule has 3 rings (SSSR count). The van der Waals surface area contributed by atoms with Gasteiger partial charge in [0.05, 0.1) is 11.4 Å². The average molecular weight is 304 g/mol. The normalized spacial score (nSPS) is 19.1. The summed E-state index contributed by atoms with van der Waals surface area (Å²) in [6.45, 7) is 7.57. The fraction of sp³-hybridized carbons (Fsp3) is 0.471. The maximum atomic E-state index is 6.17. The summed E-state index contributed by atoms with van der Waals surface area (Å²) in [5.41, 5.74) is 2.31. The molecule has 0 amide bonds. The maximum absolute atomic E-state index is 6.17. The van der Waals surface area contributed by atoms with E-state index in [0.29, 0.717) is 5.88 Å². The number of halogens is 1. The average Bonchev–Trinajstić information content (AvgIpc) is 2.48. The zero-order chi connectivity index (χ0) is 15.0. The lowest BCUT2D eigenvalue weighted by atomic mass is 9.99. The molecule has 1 saturated heterocycles. The van der Waals surface area contributed by atoms with E-state index in [2.05, 4.69) is 48.9 Å². The number of para-hydroxylation sites is 1. The molecule has 1 aliphatic heterocycles. The first kappa shape index (κ1) is 14.6. The lowest BCUT2D eigenvalue weighted by Gasteiger charge is -2.46.